The highest BCUT2D eigenvalue weighted by molar-refractivity contribution is 5.75. The lowest BCUT2D eigenvalue weighted by Crippen LogP contribution is -2.25. The second kappa shape index (κ2) is 5.80. The fraction of sp³-hybridized carbons (Fsp3) is 0.857. The maximum absolute atomic E-state index is 11.6. The van der Waals surface area contributed by atoms with Gasteiger partial charge in [0.1, 0.15) is 6.73 Å². The van der Waals surface area contributed by atoms with Gasteiger partial charge in [-0.25, -0.2) is 0 Å². The zero-order valence-electron chi connectivity index (χ0n) is 7.28. The summed E-state index contributed by atoms with van der Waals surface area (Å²) >= 11 is 0. The van der Waals surface area contributed by atoms with Gasteiger partial charge >= 0.3 is 6.18 Å². The van der Waals surface area contributed by atoms with Crippen LogP contribution in [0.25, 0.3) is 0 Å². The standard InChI is InChI=1S/C7H12F3NO2/c1-13-5-11-6(12)3-2-4-7(8,9)10/h2-5H2,1H3,(H,11,12). The maximum Gasteiger partial charge on any atom is 0.389 e. The summed E-state index contributed by atoms with van der Waals surface area (Å²) in [4.78, 5) is 10.7. The van der Waals surface area contributed by atoms with Crippen molar-refractivity contribution in [2.45, 2.75) is 25.4 Å². The smallest absolute Gasteiger partial charge is 0.364 e. The van der Waals surface area contributed by atoms with Gasteiger partial charge in [-0.1, -0.05) is 0 Å². The quantitative estimate of drug-likeness (QED) is 0.680. The number of ether oxygens (including phenoxy) is 1. The SMILES string of the molecule is COCNC(=O)CCCC(F)(F)F. The van der Waals surface area contributed by atoms with E-state index >= 15 is 0 Å². The molecular weight excluding hydrogens is 187 g/mol. The predicted octanol–water partition coefficient (Wildman–Crippen LogP) is 1.44. The topological polar surface area (TPSA) is 38.3 Å². The highest BCUT2D eigenvalue weighted by atomic mass is 19.4. The van der Waals surface area contributed by atoms with Crippen LogP contribution in [0.3, 0.4) is 0 Å². The van der Waals surface area contributed by atoms with Gasteiger partial charge < -0.3 is 10.1 Å². The first-order valence-corrected chi connectivity index (χ1v) is 3.78. The monoisotopic (exact) mass is 199 g/mol. The summed E-state index contributed by atoms with van der Waals surface area (Å²) in [6, 6.07) is 0. The van der Waals surface area contributed by atoms with E-state index in [0.717, 1.165) is 0 Å². The largest absolute Gasteiger partial charge is 0.389 e. The van der Waals surface area contributed by atoms with E-state index in [9.17, 15) is 18.0 Å². The molecule has 0 aromatic rings. The molecule has 0 aliphatic heterocycles. The number of amides is 1. The van der Waals surface area contributed by atoms with Crippen molar-refractivity contribution in [1.29, 1.82) is 0 Å². The molecule has 0 saturated heterocycles. The first kappa shape index (κ1) is 12.2. The third-order valence-corrected chi connectivity index (χ3v) is 1.28. The van der Waals surface area contributed by atoms with E-state index in [1.165, 1.54) is 7.11 Å². The zero-order chi connectivity index (χ0) is 10.3. The van der Waals surface area contributed by atoms with E-state index in [4.69, 9.17) is 0 Å². The van der Waals surface area contributed by atoms with Crippen molar-refractivity contribution in [1.82, 2.24) is 5.32 Å². The van der Waals surface area contributed by atoms with Crippen LogP contribution >= 0.6 is 0 Å². The molecule has 0 atom stereocenters. The van der Waals surface area contributed by atoms with Crippen molar-refractivity contribution in [3.8, 4) is 0 Å². The van der Waals surface area contributed by atoms with Crippen molar-refractivity contribution < 1.29 is 22.7 Å². The van der Waals surface area contributed by atoms with E-state index in [2.05, 4.69) is 10.1 Å². The summed E-state index contributed by atoms with van der Waals surface area (Å²) < 4.78 is 39.3. The molecular formula is C7H12F3NO2. The Balaban J connectivity index is 3.37. The summed E-state index contributed by atoms with van der Waals surface area (Å²) in [7, 11) is 1.38. The Kier molecular flexibility index (Phi) is 5.45. The van der Waals surface area contributed by atoms with Gasteiger partial charge in [-0.15, -0.1) is 0 Å². The molecule has 0 saturated carbocycles. The van der Waals surface area contributed by atoms with E-state index < -0.39 is 18.5 Å². The van der Waals surface area contributed by atoms with Crippen LogP contribution in [-0.2, 0) is 9.53 Å². The first-order chi connectivity index (χ1) is 5.95. The summed E-state index contributed by atoms with van der Waals surface area (Å²) in [5, 5.41) is 2.29. The van der Waals surface area contributed by atoms with Gasteiger partial charge in [0.05, 0.1) is 0 Å². The lowest BCUT2D eigenvalue weighted by Gasteiger charge is -2.05. The molecule has 0 aromatic heterocycles. The molecule has 0 aliphatic rings. The van der Waals surface area contributed by atoms with Gasteiger partial charge in [0.25, 0.3) is 0 Å². The maximum atomic E-state index is 11.6. The molecule has 0 aliphatic carbocycles. The number of carbonyl (C=O) groups is 1. The lowest BCUT2D eigenvalue weighted by atomic mass is 10.2. The number of rotatable bonds is 5. The minimum Gasteiger partial charge on any atom is -0.364 e. The Morgan fingerprint density at radius 1 is 1.46 bits per heavy atom. The molecule has 0 rings (SSSR count). The molecule has 6 heteroatoms. The number of halogens is 3. The van der Waals surface area contributed by atoms with E-state index in [-0.39, 0.29) is 19.6 Å². The molecule has 0 fully saturated rings. The van der Waals surface area contributed by atoms with Gasteiger partial charge in [-0.2, -0.15) is 13.2 Å². The Bertz CT molecular complexity index is 158. The Hall–Kier alpha value is -0.780. The first-order valence-electron chi connectivity index (χ1n) is 3.78. The molecule has 13 heavy (non-hydrogen) atoms. The van der Waals surface area contributed by atoms with Crippen molar-refractivity contribution in [2.75, 3.05) is 13.8 Å². The van der Waals surface area contributed by atoms with Crippen LogP contribution in [0.1, 0.15) is 19.3 Å². The number of nitrogens with one attached hydrogen (secondary N) is 1. The fourth-order valence-corrected chi connectivity index (χ4v) is 0.690. The van der Waals surface area contributed by atoms with Gasteiger partial charge in [0.2, 0.25) is 5.91 Å². The van der Waals surface area contributed by atoms with Gasteiger partial charge in [-0.05, 0) is 6.42 Å². The number of hydrogen-bond acceptors (Lipinski definition) is 2. The van der Waals surface area contributed by atoms with Gasteiger partial charge in [0.15, 0.2) is 0 Å². The van der Waals surface area contributed by atoms with Crippen LogP contribution in [0, 0.1) is 0 Å². The zero-order valence-corrected chi connectivity index (χ0v) is 7.28. The molecule has 78 valence electrons. The summed E-state index contributed by atoms with van der Waals surface area (Å²) in [6.07, 6.45) is -5.41. The van der Waals surface area contributed by atoms with E-state index in [1.807, 2.05) is 0 Å². The summed E-state index contributed by atoms with van der Waals surface area (Å²) in [5.74, 6) is -0.425. The minimum atomic E-state index is -4.18. The van der Waals surface area contributed by atoms with Crippen molar-refractivity contribution in [3.63, 3.8) is 0 Å². The average Bonchev–Trinajstić information content (AvgIpc) is 1.98. The summed E-state index contributed by atoms with van der Waals surface area (Å²) in [6.45, 7) is 0.0326. The van der Waals surface area contributed by atoms with Gasteiger partial charge in [-0.3, -0.25) is 4.79 Å². The van der Waals surface area contributed by atoms with Crippen molar-refractivity contribution in [3.05, 3.63) is 0 Å². The molecule has 1 amide bonds. The molecule has 1 N–H and O–H groups in total. The number of methoxy groups -OCH3 is 1. The van der Waals surface area contributed by atoms with Crippen LogP contribution in [-0.4, -0.2) is 25.9 Å². The normalized spacial score (nSPS) is 11.4. The fourth-order valence-electron chi connectivity index (χ4n) is 0.690. The third kappa shape index (κ3) is 9.13. The molecule has 0 radical (unpaired) electrons. The average molecular weight is 199 g/mol. The van der Waals surface area contributed by atoms with Crippen LogP contribution in [0.15, 0.2) is 0 Å². The van der Waals surface area contributed by atoms with E-state index in [1.54, 1.807) is 0 Å². The number of carbonyl (C=O) groups excluding carboxylic acids is 1. The van der Waals surface area contributed by atoms with Crippen molar-refractivity contribution in [2.24, 2.45) is 0 Å². The van der Waals surface area contributed by atoms with E-state index in [0.29, 0.717) is 0 Å². The highest BCUT2D eigenvalue weighted by Gasteiger charge is 2.26. The molecule has 0 heterocycles. The minimum absolute atomic E-state index is 0.0326. The van der Waals surface area contributed by atoms with Crippen molar-refractivity contribution >= 4 is 5.91 Å². The Morgan fingerprint density at radius 2 is 2.08 bits per heavy atom. The second-order valence-electron chi connectivity index (χ2n) is 2.50. The molecule has 3 nitrogen and oxygen atoms in total. The predicted molar refractivity (Wildman–Crippen MR) is 39.9 cm³/mol. The Morgan fingerprint density at radius 3 is 2.54 bits per heavy atom. The van der Waals surface area contributed by atoms with Crippen LogP contribution in [0.4, 0.5) is 13.2 Å². The van der Waals surface area contributed by atoms with Crippen LogP contribution in [0.2, 0.25) is 0 Å². The Labute approximate surface area is 74.3 Å². The molecule has 0 unspecified atom stereocenters. The van der Waals surface area contributed by atoms with Gasteiger partial charge in [0, 0.05) is 20.0 Å². The lowest BCUT2D eigenvalue weighted by molar-refractivity contribution is -0.137. The second-order valence-corrected chi connectivity index (χ2v) is 2.50. The highest BCUT2D eigenvalue weighted by Crippen LogP contribution is 2.21. The number of hydrogen-bond donors (Lipinski definition) is 1. The van der Waals surface area contributed by atoms with Crippen LogP contribution < -0.4 is 5.32 Å². The summed E-state index contributed by atoms with van der Waals surface area (Å²) in [5.41, 5.74) is 0. The molecule has 0 bridgehead atoms. The number of alkyl halides is 3. The third-order valence-electron chi connectivity index (χ3n) is 1.28. The molecule has 0 aromatic carbocycles. The van der Waals surface area contributed by atoms with Crippen LogP contribution in [0.5, 0.6) is 0 Å². The molecule has 0 spiro atoms.